The first-order chi connectivity index (χ1) is 9.08. The predicted octanol–water partition coefficient (Wildman–Crippen LogP) is 3.86. The van der Waals surface area contributed by atoms with E-state index in [4.69, 9.17) is 0 Å². The average Bonchev–Trinajstić information content (AvgIpc) is 3.15. The Morgan fingerprint density at radius 1 is 1.47 bits per heavy atom. The lowest BCUT2D eigenvalue weighted by Crippen LogP contribution is -2.51. The van der Waals surface area contributed by atoms with Crippen LogP contribution in [0.4, 0.5) is 0 Å². The number of nitrogens with zero attached hydrogens (tertiary/aromatic N) is 1. The van der Waals surface area contributed by atoms with Gasteiger partial charge in [-0.2, -0.15) is 0 Å². The topological polar surface area (TPSA) is 15.3 Å². The molecule has 1 aliphatic heterocycles. The second-order valence-corrected chi connectivity index (χ2v) is 8.21. The third kappa shape index (κ3) is 3.07. The normalized spacial score (nSPS) is 33.3. The molecular formula is C15H23BrN2S. The van der Waals surface area contributed by atoms with Gasteiger partial charge in [0.25, 0.3) is 0 Å². The Labute approximate surface area is 128 Å². The summed E-state index contributed by atoms with van der Waals surface area (Å²) in [6.45, 7) is 8.24. The van der Waals surface area contributed by atoms with E-state index in [1.54, 1.807) is 0 Å². The van der Waals surface area contributed by atoms with E-state index >= 15 is 0 Å². The summed E-state index contributed by atoms with van der Waals surface area (Å²) in [4.78, 5) is 4.14. The quantitative estimate of drug-likeness (QED) is 0.896. The molecule has 0 bridgehead atoms. The highest BCUT2D eigenvalue weighted by atomic mass is 79.9. The zero-order chi connectivity index (χ0) is 13.5. The van der Waals surface area contributed by atoms with Crippen LogP contribution in [0, 0.1) is 5.92 Å². The van der Waals surface area contributed by atoms with E-state index in [0.717, 1.165) is 19.0 Å². The highest BCUT2D eigenvalue weighted by Gasteiger charge is 2.43. The van der Waals surface area contributed by atoms with E-state index in [2.05, 4.69) is 51.4 Å². The van der Waals surface area contributed by atoms with E-state index in [-0.39, 0.29) is 0 Å². The van der Waals surface area contributed by atoms with Crippen LogP contribution in [0.5, 0.6) is 0 Å². The Bertz CT molecular complexity index is 443. The Kier molecular flexibility index (Phi) is 4.05. The molecule has 2 atom stereocenters. The highest BCUT2D eigenvalue weighted by molar-refractivity contribution is 9.10. The van der Waals surface area contributed by atoms with Crippen LogP contribution < -0.4 is 5.32 Å². The van der Waals surface area contributed by atoms with Crippen molar-refractivity contribution in [3.05, 3.63) is 20.8 Å². The SMILES string of the molecule is CC1CCNC(C)(C2CC2)CN1Cc1sccc1Br. The molecule has 0 spiro atoms. The summed E-state index contributed by atoms with van der Waals surface area (Å²) in [6.07, 6.45) is 4.08. The monoisotopic (exact) mass is 342 g/mol. The lowest BCUT2D eigenvalue weighted by molar-refractivity contribution is 0.156. The van der Waals surface area contributed by atoms with Crippen molar-refractivity contribution in [1.29, 1.82) is 0 Å². The largest absolute Gasteiger partial charge is 0.310 e. The zero-order valence-corrected chi connectivity index (χ0v) is 14.2. The van der Waals surface area contributed by atoms with Crippen LogP contribution in [-0.4, -0.2) is 29.6 Å². The van der Waals surface area contributed by atoms with E-state index in [9.17, 15) is 0 Å². The Morgan fingerprint density at radius 3 is 2.89 bits per heavy atom. The molecule has 0 amide bonds. The maximum absolute atomic E-state index is 3.82. The molecule has 2 heterocycles. The molecule has 1 saturated carbocycles. The molecule has 1 aromatic rings. The molecule has 1 saturated heterocycles. The Morgan fingerprint density at radius 2 is 2.26 bits per heavy atom. The van der Waals surface area contributed by atoms with E-state index < -0.39 is 0 Å². The van der Waals surface area contributed by atoms with Crippen molar-refractivity contribution in [2.75, 3.05) is 13.1 Å². The van der Waals surface area contributed by atoms with Gasteiger partial charge in [0.15, 0.2) is 0 Å². The maximum atomic E-state index is 3.82. The van der Waals surface area contributed by atoms with Gasteiger partial charge in [-0.1, -0.05) is 0 Å². The van der Waals surface area contributed by atoms with Crippen molar-refractivity contribution >= 4 is 27.3 Å². The van der Waals surface area contributed by atoms with E-state index in [0.29, 0.717) is 11.6 Å². The van der Waals surface area contributed by atoms with Crippen LogP contribution in [0.25, 0.3) is 0 Å². The van der Waals surface area contributed by atoms with Crippen molar-refractivity contribution in [3.63, 3.8) is 0 Å². The van der Waals surface area contributed by atoms with Crippen LogP contribution >= 0.6 is 27.3 Å². The highest BCUT2D eigenvalue weighted by Crippen LogP contribution is 2.41. The van der Waals surface area contributed by atoms with Gasteiger partial charge in [0.2, 0.25) is 0 Å². The minimum absolute atomic E-state index is 0.328. The van der Waals surface area contributed by atoms with Crippen molar-refractivity contribution in [1.82, 2.24) is 10.2 Å². The molecule has 2 aliphatic rings. The number of halogens is 1. The summed E-state index contributed by atoms with van der Waals surface area (Å²) < 4.78 is 1.27. The fourth-order valence-corrected chi connectivity index (χ4v) is 4.71. The van der Waals surface area contributed by atoms with Crippen LogP contribution in [0.3, 0.4) is 0 Å². The number of rotatable bonds is 3. The maximum Gasteiger partial charge on any atom is 0.0342 e. The number of hydrogen-bond donors (Lipinski definition) is 1. The fraction of sp³-hybridized carbons (Fsp3) is 0.733. The summed E-state index contributed by atoms with van der Waals surface area (Å²) >= 11 is 5.54. The van der Waals surface area contributed by atoms with Gasteiger partial charge in [-0.05, 0) is 72.9 Å². The Balaban J connectivity index is 1.75. The summed E-state index contributed by atoms with van der Waals surface area (Å²) in [5.41, 5.74) is 0.328. The van der Waals surface area contributed by atoms with Crippen molar-refractivity contribution < 1.29 is 0 Å². The van der Waals surface area contributed by atoms with Crippen molar-refractivity contribution in [2.24, 2.45) is 5.92 Å². The first kappa shape index (κ1) is 14.1. The first-order valence-corrected chi connectivity index (χ1v) is 8.97. The van der Waals surface area contributed by atoms with Crippen LogP contribution in [-0.2, 0) is 6.54 Å². The van der Waals surface area contributed by atoms with E-state index in [1.807, 2.05) is 11.3 Å². The van der Waals surface area contributed by atoms with Gasteiger partial charge < -0.3 is 5.32 Å². The molecule has 2 nitrogen and oxygen atoms in total. The van der Waals surface area contributed by atoms with Crippen LogP contribution in [0.15, 0.2) is 15.9 Å². The van der Waals surface area contributed by atoms with Gasteiger partial charge in [-0.15, -0.1) is 11.3 Å². The molecule has 1 N–H and O–H groups in total. The molecule has 4 heteroatoms. The standard InChI is InChI=1S/C15H23BrN2S/c1-11-5-7-17-15(2,12-3-4-12)10-18(11)9-14-13(16)6-8-19-14/h6,8,11-12,17H,3-5,7,9-10H2,1-2H3. The smallest absolute Gasteiger partial charge is 0.0342 e. The molecule has 0 aromatic carbocycles. The molecule has 3 rings (SSSR count). The van der Waals surface area contributed by atoms with Gasteiger partial charge in [0.1, 0.15) is 0 Å². The predicted molar refractivity (Wildman–Crippen MR) is 85.6 cm³/mol. The second-order valence-electron chi connectivity index (χ2n) is 6.35. The van der Waals surface area contributed by atoms with Gasteiger partial charge in [-0.25, -0.2) is 0 Å². The van der Waals surface area contributed by atoms with Crippen LogP contribution in [0.2, 0.25) is 0 Å². The summed E-state index contributed by atoms with van der Waals surface area (Å²) in [5.74, 6) is 0.895. The van der Waals surface area contributed by atoms with Crippen molar-refractivity contribution in [2.45, 2.75) is 51.2 Å². The van der Waals surface area contributed by atoms with Crippen molar-refractivity contribution in [3.8, 4) is 0 Å². The average molecular weight is 343 g/mol. The molecule has 1 aromatic heterocycles. The molecule has 2 unspecified atom stereocenters. The minimum atomic E-state index is 0.328. The summed E-state index contributed by atoms with van der Waals surface area (Å²) in [5, 5.41) is 6.01. The van der Waals surface area contributed by atoms with Gasteiger partial charge in [0.05, 0.1) is 0 Å². The van der Waals surface area contributed by atoms with Gasteiger partial charge in [-0.3, -0.25) is 4.90 Å². The zero-order valence-electron chi connectivity index (χ0n) is 11.8. The molecule has 19 heavy (non-hydrogen) atoms. The lowest BCUT2D eigenvalue weighted by atomic mass is 9.95. The lowest BCUT2D eigenvalue weighted by Gasteiger charge is -2.35. The van der Waals surface area contributed by atoms with E-state index in [1.165, 1.54) is 35.2 Å². The number of thiophene rings is 1. The van der Waals surface area contributed by atoms with Crippen LogP contribution in [0.1, 0.15) is 38.0 Å². The van der Waals surface area contributed by atoms with Gasteiger partial charge in [0, 0.05) is 34.0 Å². The molecular weight excluding hydrogens is 320 g/mol. The number of nitrogens with one attached hydrogen (secondary N) is 1. The Hall–Kier alpha value is 0.100. The first-order valence-electron chi connectivity index (χ1n) is 7.29. The number of hydrogen-bond acceptors (Lipinski definition) is 3. The summed E-state index contributed by atoms with van der Waals surface area (Å²) in [7, 11) is 0. The second kappa shape index (κ2) is 5.47. The minimum Gasteiger partial charge on any atom is -0.310 e. The third-order valence-corrected chi connectivity index (χ3v) is 6.67. The molecule has 1 aliphatic carbocycles. The summed E-state index contributed by atoms with van der Waals surface area (Å²) in [6, 6.07) is 2.84. The molecule has 0 radical (unpaired) electrons. The third-order valence-electron chi connectivity index (χ3n) is 4.76. The fourth-order valence-electron chi connectivity index (χ4n) is 3.21. The van der Waals surface area contributed by atoms with Gasteiger partial charge >= 0.3 is 0 Å². The molecule has 106 valence electrons. The molecule has 2 fully saturated rings.